The molecule has 1 fully saturated rings. The van der Waals surface area contributed by atoms with Crippen LogP contribution in [0.25, 0.3) is 0 Å². The van der Waals surface area contributed by atoms with Crippen LogP contribution in [0.2, 0.25) is 0 Å². The summed E-state index contributed by atoms with van der Waals surface area (Å²) >= 11 is 0. The Kier molecular flexibility index (Phi) is 5.10. The second-order valence-corrected chi connectivity index (χ2v) is 6.92. The van der Waals surface area contributed by atoms with E-state index in [-0.39, 0.29) is 0 Å². The Balaban J connectivity index is 1.91. The number of pyridine rings is 1. The number of benzene rings is 1. The average molecular weight is 321 g/mol. The van der Waals surface area contributed by atoms with Crippen molar-refractivity contribution in [3.8, 4) is 0 Å². The van der Waals surface area contributed by atoms with E-state index in [9.17, 15) is 0 Å². The second kappa shape index (κ2) is 7.27. The Morgan fingerprint density at radius 1 is 1.12 bits per heavy atom. The molecular formula is C21H27N3. The van der Waals surface area contributed by atoms with Gasteiger partial charge in [-0.05, 0) is 94.1 Å². The van der Waals surface area contributed by atoms with E-state index in [4.69, 9.17) is 4.99 Å². The van der Waals surface area contributed by atoms with Gasteiger partial charge in [0.1, 0.15) is 0 Å². The standard InChI is InChI=1S/C21H27N3/c1-15-11-19(14-24-9-5-6-10-24)13-21(17(15)3)23-18(4)20-7-8-22-16(2)12-20/h7-8,11-13H,5-6,9-10,14H2,1-4H3. The molecule has 0 radical (unpaired) electrons. The third-order valence-electron chi connectivity index (χ3n) is 4.91. The number of likely N-dealkylation sites (tertiary alicyclic amines) is 1. The first-order chi connectivity index (χ1) is 11.5. The van der Waals surface area contributed by atoms with E-state index >= 15 is 0 Å². The predicted molar refractivity (Wildman–Crippen MR) is 101 cm³/mol. The third kappa shape index (κ3) is 3.90. The van der Waals surface area contributed by atoms with Gasteiger partial charge in [-0.25, -0.2) is 0 Å². The minimum atomic E-state index is 1.03. The molecule has 0 amide bonds. The van der Waals surface area contributed by atoms with Gasteiger partial charge in [-0.1, -0.05) is 6.07 Å². The van der Waals surface area contributed by atoms with E-state index in [2.05, 4.69) is 48.9 Å². The fourth-order valence-electron chi connectivity index (χ4n) is 3.34. The SMILES string of the molecule is CC(=Nc1cc(CN2CCCC2)cc(C)c1C)c1ccnc(C)c1. The minimum absolute atomic E-state index is 1.03. The highest BCUT2D eigenvalue weighted by Gasteiger charge is 2.13. The van der Waals surface area contributed by atoms with Crippen molar-refractivity contribution in [3.05, 3.63) is 58.4 Å². The van der Waals surface area contributed by atoms with E-state index in [0.717, 1.165) is 29.2 Å². The summed E-state index contributed by atoms with van der Waals surface area (Å²) < 4.78 is 0. The first kappa shape index (κ1) is 16.8. The molecule has 0 atom stereocenters. The van der Waals surface area contributed by atoms with Gasteiger partial charge < -0.3 is 0 Å². The van der Waals surface area contributed by atoms with Crippen LogP contribution < -0.4 is 0 Å². The number of aliphatic imine (C=N–C) groups is 1. The fourth-order valence-corrected chi connectivity index (χ4v) is 3.34. The molecule has 3 heteroatoms. The monoisotopic (exact) mass is 321 g/mol. The van der Waals surface area contributed by atoms with Crippen LogP contribution in [0.15, 0.2) is 35.5 Å². The smallest absolute Gasteiger partial charge is 0.0668 e. The van der Waals surface area contributed by atoms with E-state index in [1.54, 1.807) is 0 Å². The number of rotatable bonds is 4. The van der Waals surface area contributed by atoms with Crippen molar-refractivity contribution in [1.82, 2.24) is 9.88 Å². The van der Waals surface area contributed by atoms with Crippen molar-refractivity contribution in [3.63, 3.8) is 0 Å². The minimum Gasteiger partial charge on any atom is -0.299 e. The van der Waals surface area contributed by atoms with E-state index in [1.165, 1.54) is 42.6 Å². The molecule has 0 aliphatic carbocycles. The van der Waals surface area contributed by atoms with Crippen LogP contribution in [-0.2, 0) is 6.54 Å². The van der Waals surface area contributed by atoms with Crippen LogP contribution in [0.4, 0.5) is 5.69 Å². The first-order valence-corrected chi connectivity index (χ1v) is 8.84. The lowest BCUT2D eigenvalue weighted by molar-refractivity contribution is 0.331. The van der Waals surface area contributed by atoms with Crippen molar-refractivity contribution in [2.45, 2.75) is 47.1 Å². The lowest BCUT2D eigenvalue weighted by Crippen LogP contribution is -2.18. The largest absolute Gasteiger partial charge is 0.299 e. The maximum atomic E-state index is 4.94. The number of hydrogen-bond donors (Lipinski definition) is 0. The van der Waals surface area contributed by atoms with Crippen LogP contribution in [0, 0.1) is 20.8 Å². The summed E-state index contributed by atoms with van der Waals surface area (Å²) in [6, 6.07) is 8.70. The third-order valence-corrected chi connectivity index (χ3v) is 4.91. The van der Waals surface area contributed by atoms with Crippen molar-refractivity contribution < 1.29 is 0 Å². The normalized spacial score (nSPS) is 15.9. The number of nitrogens with zero attached hydrogens (tertiary/aromatic N) is 3. The molecule has 0 unspecified atom stereocenters. The fraction of sp³-hybridized carbons (Fsp3) is 0.429. The number of aromatic nitrogens is 1. The molecule has 1 saturated heterocycles. The van der Waals surface area contributed by atoms with Crippen molar-refractivity contribution >= 4 is 11.4 Å². The molecular weight excluding hydrogens is 294 g/mol. The maximum Gasteiger partial charge on any atom is 0.0668 e. The molecule has 0 N–H and O–H groups in total. The number of aryl methyl sites for hydroxylation is 2. The van der Waals surface area contributed by atoms with Crippen LogP contribution >= 0.6 is 0 Å². The summed E-state index contributed by atoms with van der Waals surface area (Å²) in [6.07, 6.45) is 4.51. The molecule has 0 saturated carbocycles. The van der Waals surface area contributed by atoms with Crippen LogP contribution in [0.3, 0.4) is 0 Å². The molecule has 1 aliphatic heterocycles. The van der Waals surface area contributed by atoms with Gasteiger partial charge in [0.25, 0.3) is 0 Å². The topological polar surface area (TPSA) is 28.5 Å². The summed E-state index contributed by atoms with van der Waals surface area (Å²) in [5.41, 5.74) is 8.27. The molecule has 0 spiro atoms. The molecule has 2 heterocycles. The zero-order valence-corrected chi connectivity index (χ0v) is 15.3. The Morgan fingerprint density at radius 2 is 1.88 bits per heavy atom. The van der Waals surface area contributed by atoms with Gasteiger partial charge in [0.05, 0.1) is 5.69 Å². The maximum absolute atomic E-state index is 4.94. The van der Waals surface area contributed by atoms with Gasteiger partial charge >= 0.3 is 0 Å². The molecule has 1 aromatic carbocycles. The van der Waals surface area contributed by atoms with Crippen molar-refractivity contribution in [1.29, 1.82) is 0 Å². The molecule has 3 nitrogen and oxygen atoms in total. The van der Waals surface area contributed by atoms with Gasteiger partial charge in [0.2, 0.25) is 0 Å². The van der Waals surface area contributed by atoms with Crippen molar-refractivity contribution in [2.24, 2.45) is 4.99 Å². The quantitative estimate of drug-likeness (QED) is 0.761. The molecule has 1 aromatic heterocycles. The van der Waals surface area contributed by atoms with E-state index in [0.29, 0.717) is 0 Å². The summed E-state index contributed by atoms with van der Waals surface area (Å²) in [4.78, 5) is 11.7. The summed E-state index contributed by atoms with van der Waals surface area (Å²) in [5, 5.41) is 0. The van der Waals surface area contributed by atoms with Gasteiger partial charge in [-0.15, -0.1) is 0 Å². The van der Waals surface area contributed by atoms with Gasteiger partial charge in [-0.2, -0.15) is 0 Å². The first-order valence-electron chi connectivity index (χ1n) is 8.84. The molecule has 2 aromatic rings. The van der Waals surface area contributed by atoms with Gasteiger partial charge in [0.15, 0.2) is 0 Å². The summed E-state index contributed by atoms with van der Waals surface area (Å²) in [5.74, 6) is 0. The zero-order valence-electron chi connectivity index (χ0n) is 15.3. The Hall–Kier alpha value is -2.00. The molecule has 0 bridgehead atoms. The Morgan fingerprint density at radius 3 is 2.58 bits per heavy atom. The van der Waals surface area contributed by atoms with E-state index < -0.39 is 0 Å². The highest BCUT2D eigenvalue weighted by Crippen LogP contribution is 2.26. The Bertz CT molecular complexity index is 756. The molecule has 1 aliphatic rings. The van der Waals surface area contributed by atoms with Crippen molar-refractivity contribution in [2.75, 3.05) is 13.1 Å². The lowest BCUT2D eigenvalue weighted by atomic mass is 10.0. The highest BCUT2D eigenvalue weighted by atomic mass is 15.1. The zero-order chi connectivity index (χ0) is 17.1. The second-order valence-electron chi connectivity index (χ2n) is 6.92. The summed E-state index contributed by atoms with van der Waals surface area (Å²) in [6.45, 7) is 11.9. The van der Waals surface area contributed by atoms with Crippen LogP contribution in [0.5, 0.6) is 0 Å². The van der Waals surface area contributed by atoms with Crippen LogP contribution in [-0.4, -0.2) is 28.7 Å². The van der Waals surface area contributed by atoms with E-state index in [1.807, 2.05) is 19.2 Å². The molecule has 3 rings (SSSR count). The molecule has 24 heavy (non-hydrogen) atoms. The molecule has 126 valence electrons. The predicted octanol–water partition coefficient (Wildman–Crippen LogP) is 4.74. The number of hydrogen-bond acceptors (Lipinski definition) is 3. The lowest BCUT2D eigenvalue weighted by Gasteiger charge is -2.17. The van der Waals surface area contributed by atoms with Gasteiger partial charge in [-0.3, -0.25) is 14.9 Å². The Labute approximate surface area is 145 Å². The van der Waals surface area contributed by atoms with Crippen LogP contribution in [0.1, 0.15) is 47.7 Å². The average Bonchev–Trinajstić information content (AvgIpc) is 3.05. The highest BCUT2D eigenvalue weighted by molar-refractivity contribution is 6.00. The summed E-state index contributed by atoms with van der Waals surface area (Å²) in [7, 11) is 0. The van der Waals surface area contributed by atoms with Gasteiger partial charge in [0, 0.05) is 24.1 Å².